The predicted molar refractivity (Wildman–Crippen MR) is 129 cm³/mol. The van der Waals surface area contributed by atoms with Crippen molar-refractivity contribution < 1.29 is 14.6 Å². The number of allylic oxidation sites excluding steroid dienone is 2. The Hall–Kier alpha value is -2.42. The van der Waals surface area contributed by atoms with E-state index in [0.29, 0.717) is 10.8 Å². The number of hydrogen-bond acceptors (Lipinski definition) is 5. The molecule has 2 aromatic rings. The van der Waals surface area contributed by atoms with Gasteiger partial charge in [-0.3, -0.25) is 0 Å². The number of carbonyl (C=O) groups is 1. The number of rotatable bonds is 11. The van der Waals surface area contributed by atoms with Gasteiger partial charge in [0.25, 0.3) is 0 Å². The first-order valence-corrected chi connectivity index (χ1v) is 12.4. The van der Waals surface area contributed by atoms with Gasteiger partial charge in [0, 0.05) is 16.4 Å². The molecule has 1 heterocycles. The van der Waals surface area contributed by atoms with Crippen molar-refractivity contribution in [1.82, 2.24) is 0 Å². The van der Waals surface area contributed by atoms with Gasteiger partial charge in [0.05, 0.1) is 19.3 Å². The molecule has 1 aromatic heterocycles. The largest absolute Gasteiger partial charge is 0.465 e. The van der Waals surface area contributed by atoms with Crippen LogP contribution in [0.2, 0.25) is 0 Å². The van der Waals surface area contributed by atoms with E-state index >= 15 is 0 Å². The number of methoxy groups -OCH3 is 1. The number of benzene rings is 1. The molecule has 1 aliphatic carbocycles. The summed E-state index contributed by atoms with van der Waals surface area (Å²) in [5.74, 6) is 0.254. The molecule has 32 heavy (non-hydrogen) atoms. The second-order valence-corrected chi connectivity index (χ2v) is 9.74. The average molecular weight is 452 g/mol. The number of aliphatic hydroxyl groups is 1. The minimum absolute atomic E-state index is 0.125. The third-order valence-electron chi connectivity index (χ3n) is 6.38. The van der Waals surface area contributed by atoms with Crippen LogP contribution < -0.4 is 0 Å². The van der Waals surface area contributed by atoms with E-state index in [1.165, 1.54) is 23.3 Å². The van der Waals surface area contributed by atoms with Crippen LogP contribution in [0.1, 0.15) is 89.6 Å². The molecule has 1 unspecified atom stereocenters. The van der Waals surface area contributed by atoms with Gasteiger partial charge >= 0.3 is 5.97 Å². The highest BCUT2D eigenvalue weighted by molar-refractivity contribution is 7.13. The highest BCUT2D eigenvalue weighted by atomic mass is 32.1. The molecule has 3 atom stereocenters. The lowest BCUT2D eigenvalue weighted by Gasteiger charge is -2.22. The molecular weight excluding hydrogens is 418 g/mol. The minimum atomic E-state index is -0.415. The van der Waals surface area contributed by atoms with E-state index in [9.17, 15) is 15.2 Å². The van der Waals surface area contributed by atoms with Crippen LogP contribution in [0.4, 0.5) is 0 Å². The first kappa shape index (κ1) is 24.2. The van der Waals surface area contributed by atoms with Crippen molar-refractivity contribution in [3.8, 4) is 6.07 Å². The second-order valence-electron chi connectivity index (χ2n) is 8.57. The maximum Gasteiger partial charge on any atom is 0.348 e. The van der Waals surface area contributed by atoms with Crippen LogP contribution in [0.3, 0.4) is 0 Å². The molecule has 1 aliphatic rings. The third-order valence-corrected chi connectivity index (χ3v) is 7.51. The highest BCUT2D eigenvalue weighted by Gasteiger charge is 2.31. The van der Waals surface area contributed by atoms with Crippen molar-refractivity contribution >= 4 is 17.3 Å². The lowest BCUT2D eigenvalue weighted by atomic mass is 9.82. The van der Waals surface area contributed by atoms with Crippen molar-refractivity contribution in [1.29, 1.82) is 5.26 Å². The van der Waals surface area contributed by atoms with Crippen molar-refractivity contribution in [3.05, 3.63) is 68.9 Å². The van der Waals surface area contributed by atoms with Crippen LogP contribution in [0.5, 0.6) is 0 Å². The van der Waals surface area contributed by atoms with Gasteiger partial charge in [-0.25, -0.2) is 4.79 Å². The maximum absolute atomic E-state index is 11.6. The van der Waals surface area contributed by atoms with Gasteiger partial charge in [-0.15, -0.1) is 11.3 Å². The minimum Gasteiger partial charge on any atom is -0.465 e. The number of hydrogen-bond donors (Lipinski definition) is 1. The number of aliphatic hydroxyl groups excluding tert-OH is 1. The molecule has 0 fully saturated rings. The topological polar surface area (TPSA) is 70.3 Å². The summed E-state index contributed by atoms with van der Waals surface area (Å²) in [6.45, 7) is 2.17. The molecule has 0 amide bonds. The Morgan fingerprint density at radius 2 is 2.00 bits per heavy atom. The van der Waals surface area contributed by atoms with E-state index in [1.807, 2.05) is 24.3 Å². The van der Waals surface area contributed by atoms with Gasteiger partial charge in [-0.05, 0) is 61.3 Å². The predicted octanol–water partition coefficient (Wildman–Crippen LogP) is 6.72. The normalized spacial score (nSPS) is 18.8. The van der Waals surface area contributed by atoms with E-state index in [1.54, 1.807) is 0 Å². The van der Waals surface area contributed by atoms with Crippen LogP contribution >= 0.6 is 11.3 Å². The summed E-state index contributed by atoms with van der Waals surface area (Å²) in [4.78, 5) is 13.5. The second kappa shape index (κ2) is 12.0. The first-order valence-electron chi connectivity index (χ1n) is 11.6. The zero-order chi connectivity index (χ0) is 22.9. The fourth-order valence-electron chi connectivity index (χ4n) is 4.59. The standard InChI is InChI=1S/C27H33NO3S/c1-3-4-5-9-24(29)19-10-12-21(13-11-19)26-20(14-15-22(26)18-28)7-6-8-23-16-17-25(32-23)27(30)31-2/h10-13,15-17,20,24,26,29H,3-9,14H2,1-2H3/t20-,24?,26-/m0/s1. The van der Waals surface area contributed by atoms with Crippen LogP contribution in [0.15, 0.2) is 48.0 Å². The molecule has 3 rings (SSSR count). The summed E-state index contributed by atoms with van der Waals surface area (Å²) in [7, 11) is 1.40. The summed E-state index contributed by atoms with van der Waals surface area (Å²) in [5, 5.41) is 20.1. The molecule has 0 saturated heterocycles. The van der Waals surface area contributed by atoms with Crippen LogP contribution in [-0.4, -0.2) is 18.2 Å². The van der Waals surface area contributed by atoms with Crippen LogP contribution in [0, 0.1) is 17.2 Å². The zero-order valence-electron chi connectivity index (χ0n) is 19.0. The Bertz CT molecular complexity index is 954. The summed E-state index contributed by atoms with van der Waals surface area (Å²) in [5.41, 5.74) is 2.98. The SMILES string of the molecule is CCCCCC(O)c1ccc([C@H]2C(C#N)=CC[C@@H]2CCCc2ccc(C(=O)OC)s2)cc1. The molecule has 1 aromatic carbocycles. The van der Waals surface area contributed by atoms with Gasteiger partial charge in [0.2, 0.25) is 0 Å². The number of ether oxygens (including phenoxy) is 1. The quantitative estimate of drug-likeness (QED) is 0.304. The monoisotopic (exact) mass is 451 g/mol. The summed E-state index contributed by atoms with van der Waals surface area (Å²) >= 11 is 1.50. The van der Waals surface area contributed by atoms with Crippen LogP contribution in [0.25, 0.3) is 0 Å². The fraction of sp³-hybridized carbons (Fsp3) is 0.481. The Kier molecular flexibility index (Phi) is 9.08. The Labute approximate surface area is 195 Å². The third kappa shape index (κ3) is 6.09. The van der Waals surface area contributed by atoms with Crippen LogP contribution in [-0.2, 0) is 11.2 Å². The summed E-state index contributed by atoms with van der Waals surface area (Å²) in [6.07, 6.45) is 9.69. The Morgan fingerprint density at radius 1 is 1.22 bits per heavy atom. The number of esters is 1. The lowest BCUT2D eigenvalue weighted by molar-refractivity contribution is 0.0606. The van der Waals surface area contributed by atoms with E-state index in [0.717, 1.165) is 68.1 Å². The highest BCUT2D eigenvalue weighted by Crippen LogP contribution is 2.42. The average Bonchev–Trinajstić information content (AvgIpc) is 3.46. The number of nitrogens with zero attached hydrogens (tertiary/aromatic N) is 1. The first-order chi connectivity index (χ1) is 15.6. The molecule has 0 aliphatic heterocycles. The summed E-state index contributed by atoms with van der Waals surface area (Å²) in [6, 6.07) is 14.5. The molecule has 0 bridgehead atoms. The number of carbonyl (C=O) groups excluding carboxylic acids is 1. The zero-order valence-corrected chi connectivity index (χ0v) is 19.9. The van der Waals surface area contributed by atoms with Gasteiger partial charge in [0.15, 0.2) is 0 Å². The molecular formula is C27H33NO3S. The van der Waals surface area contributed by atoms with Crippen molar-refractivity contribution in [2.75, 3.05) is 7.11 Å². The lowest BCUT2D eigenvalue weighted by Crippen LogP contribution is -2.10. The Morgan fingerprint density at radius 3 is 2.69 bits per heavy atom. The number of nitriles is 1. The molecule has 0 radical (unpaired) electrons. The smallest absolute Gasteiger partial charge is 0.348 e. The van der Waals surface area contributed by atoms with Gasteiger partial charge < -0.3 is 9.84 Å². The van der Waals surface area contributed by atoms with Crippen molar-refractivity contribution in [2.24, 2.45) is 5.92 Å². The molecule has 4 nitrogen and oxygen atoms in total. The molecule has 0 saturated carbocycles. The maximum atomic E-state index is 11.6. The van der Waals surface area contributed by atoms with E-state index in [4.69, 9.17) is 4.74 Å². The number of aryl methyl sites for hydroxylation is 1. The molecule has 0 spiro atoms. The summed E-state index contributed by atoms with van der Waals surface area (Å²) < 4.78 is 4.79. The molecule has 170 valence electrons. The number of thiophene rings is 1. The Balaban J connectivity index is 1.60. The van der Waals surface area contributed by atoms with E-state index in [2.05, 4.69) is 31.2 Å². The van der Waals surface area contributed by atoms with Gasteiger partial charge in [-0.1, -0.05) is 56.5 Å². The number of unbranched alkanes of at least 4 members (excludes halogenated alkanes) is 2. The van der Waals surface area contributed by atoms with Gasteiger partial charge in [-0.2, -0.15) is 5.26 Å². The van der Waals surface area contributed by atoms with Gasteiger partial charge in [0.1, 0.15) is 4.88 Å². The van der Waals surface area contributed by atoms with Crippen molar-refractivity contribution in [3.63, 3.8) is 0 Å². The van der Waals surface area contributed by atoms with E-state index in [-0.39, 0.29) is 11.9 Å². The molecule has 5 heteroatoms. The molecule has 1 N–H and O–H groups in total. The fourth-order valence-corrected chi connectivity index (χ4v) is 5.56. The van der Waals surface area contributed by atoms with E-state index < -0.39 is 6.10 Å². The van der Waals surface area contributed by atoms with Crippen molar-refractivity contribution in [2.45, 2.75) is 70.3 Å².